The van der Waals surface area contributed by atoms with Crippen molar-refractivity contribution in [1.82, 2.24) is 20.1 Å². The molecule has 7 heteroatoms. The molecule has 2 heterocycles. The fraction of sp³-hybridized carbons (Fsp3) is 0.524. The van der Waals surface area contributed by atoms with E-state index in [-0.39, 0.29) is 5.91 Å². The number of aromatic nitrogens is 1. The van der Waals surface area contributed by atoms with Gasteiger partial charge in [-0.2, -0.15) is 0 Å². The topological polar surface area (TPSA) is 64.9 Å². The van der Waals surface area contributed by atoms with Crippen LogP contribution < -0.4 is 10.2 Å². The second kappa shape index (κ2) is 9.71. The summed E-state index contributed by atoms with van der Waals surface area (Å²) in [7, 11) is 4.12. The molecule has 1 aromatic carbocycles. The maximum absolute atomic E-state index is 11.9. The molecule has 1 aliphatic rings. The minimum atomic E-state index is -0.165. The molecule has 0 bridgehead atoms. The molecule has 3 rings (SSSR count). The lowest BCUT2D eigenvalue weighted by Crippen LogP contribution is -2.45. The number of nitrogens with one attached hydrogen (secondary N) is 1. The Balaban J connectivity index is 1.44. The third kappa shape index (κ3) is 5.56. The highest BCUT2D eigenvalue weighted by Crippen LogP contribution is 2.15. The average Bonchev–Trinajstić information content (AvgIpc) is 3.16. The van der Waals surface area contributed by atoms with Gasteiger partial charge in [0.25, 0.3) is 5.91 Å². The van der Waals surface area contributed by atoms with Crippen LogP contribution in [0, 0.1) is 0 Å². The van der Waals surface area contributed by atoms with Gasteiger partial charge in [-0.1, -0.05) is 19.1 Å². The first kappa shape index (κ1) is 20.4. The van der Waals surface area contributed by atoms with Crippen molar-refractivity contribution in [3.63, 3.8) is 0 Å². The molecule has 7 nitrogen and oxygen atoms in total. The zero-order valence-electron chi connectivity index (χ0n) is 17.1. The van der Waals surface area contributed by atoms with E-state index >= 15 is 0 Å². The summed E-state index contributed by atoms with van der Waals surface area (Å²) in [5.41, 5.74) is 2.93. The monoisotopic (exact) mass is 385 g/mol. The lowest BCUT2D eigenvalue weighted by Gasteiger charge is -2.34. The SMILES string of the molecule is CCCNC(=O)c1coc(CN2CCN(Cc3ccc(N(C)C)cc3)CC2)n1. The summed E-state index contributed by atoms with van der Waals surface area (Å²) < 4.78 is 5.49. The summed E-state index contributed by atoms with van der Waals surface area (Å²) in [6.45, 7) is 8.26. The van der Waals surface area contributed by atoms with Gasteiger partial charge in [0.2, 0.25) is 5.89 Å². The third-order valence-electron chi connectivity index (χ3n) is 5.00. The molecule has 0 saturated carbocycles. The number of hydrogen-bond donors (Lipinski definition) is 1. The van der Waals surface area contributed by atoms with Crippen molar-refractivity contribution in [2.75, 3.05) is 51.7 Å². The maximum atomic E-state index is 11.9. The lowest BCUT2D eigenvalue weighted by atomic mass is 10.1. The van der Waals surface area contributed by atoms with E-state index in [1.165, 1.54) is 17.5 Å². The van der Waals surface area contributed by atoms with Crippen molar-refractivity contribution in [3.05, 3.63) is 47.7 Å². The molecule has 1 aliphatic heterocycles. The number of rotatable bonds is 8. The van der Waals surface area contributed by atoms with E-state index in [0.717, 1.165) is 39.1 Å². The van der Waals surface area contributed by atoms with Crippen LogP contribution in [0.5, 0.6) is 0 Å². The predicted octanol–water partition coefficient (Wildman–Crippen LogP) is 2.20. The van der Waals surface area contributed by atoms with Crippen molar-refractivity contribution < 1.29 is 9.21 Å². The Morgan fingerprint density at radius 1 is 1.11 bits per heavy atom. The van der Waals surface area contributed by atoms with Crippen molar-refractivity contribution in [3.8, 4) is 0 Å². The molecular formula is C21H31N5O2. The largest absolute Gasteiger partial charge is 0.447 e. The number of nitrogens with zero attached hydrogens (tertiary/aromatic N) is 4. The van der Waals surface area contributed by atoms with Gasteiger partial charge in [0.15, 0.2) is 5.69 Å². The zero-order valence-corrected chi connectivity index (χ0v) is 17.1. The number of hydrogen-bond acceptors (Lipinski definition) is 6. The van der Waals surface area contributed by atoms with Crippen LogP contribution in [-0.2, 0) is 13.1 Å². The van der Waals surface area contributed by atoms with E-state index in [9.17, 15) is 4.79 Å². The van der Waals surface area contributed by atoms with Crippen LogP contribution in [0.3, 0.4) is 0 Å². The zero-order chi connectivity index (χ0) is 19.9. The predicted molar refractivity (Wildman–Crippen MR) is 110 cm³/mol. The molecule has 1 N–H and O–H groups in total. The van der Waals surface area contributed by atoms with E-state index in [1.807, 2.05) is 6.92 Å². The average molecular weight is 386 g/mol. The molecule has 0 atom stereocenters. The molecule has 0 spiro atoms. The maximum Gasteiger partial charge on any atom is 0.273 e. The first-order valence-corrected chi connectivity index (χ1v) is 9.98. The Morgan fingerprint density at radius 2 is 1.75 bits per heavy atom. The van der Waals surface area contributed by atoms with Crippen LogP contribution in [0.4, 0.5) is 5.69 Å². The van der Waals surface area contributed by atoms with Gasteiger partial charge in [-0.25, -0.2) is 4.98 Å². The Bertz CT molecular complexity index is 748. The van der Waals surface area contributed by atoms with Gasteiger partial charge in [0.05, 0.1) is 6.54 Å². The smallest absolute Gasteiger partial charge is 0.273 e. The van der Waals surface area contributed by atoms with Crippen LogP contribution in [0.15, 0.2) is 34.9 Å². The molecule has 1 saturated heterocycles. The van der Waals surface area contributed by atoms with Crippen LogP contribution in [0.2, 0.25) is 0 Å². The minimum Gasteiger partial charge on any atom is -0.447 e. The quantitative estimate of drug-likeness (QED) is 0.752. The first-order chi connectivity index (χ1) is 13.5. The van der Waals surface area contributed by atoms with Crippen molar-refractivity contribution in [2.45, 2.75) is 26.4 Å². The van der Waals surface area contributed by atoms with E-state index in [0.29, 0.717) is 24.7 Å². The van der Waals surface area contributed by atoms with Crippen LogP contribution in [-0.4, -0.2) is 67.5 Å². The van der Waals surface area contributed by atoms with E-state index in [1.54, 1.807) is 0 Å². The van der Waals surface area contributed by atoms with Gasteiger partial charge in [0, 0.05) is 59.1 Å². The molecule has 0 aliphatic carbocycles. The number of carbonyl (C=O) groups excluding carboxylic acids is 1. The van der Waals surface area contributed by atoms with Crippen LogP contribution in [0.25, 0.3) is 0 Å². The van der Waals surface area contributed by atoms with E-state index < -0.39 is 0 Å². The van der Waals surface area contributed by atoms with Gasteiger partial charge in [0.1, 0.15) is 6.26 Å². The number of carbonyl (C=O) groups is 1. The van der Waals surface area contributed by atoms with Crippen LogP contribution >= 0.6 is 0 Å². The second-order valence-corrected chi connectivity index (χ2v) is 7.50. The standard InChI is InChI=1S/C21H31N5O2/c1-4-9-22-21(27)19-16-28-20(23-19)15-26-12-10-25(11-13-26)14-17-5-7-18(8-6-17)24(2)3/h5-8,16H,4,9-15H2,1-3H3,(H,22,27). The number of piperazine rings is 1. The third-order valence-corrected chi connectivity index (χ3v) is 5.00. The van der Waals surface area contributed by atoms with Gasteiger partial charge >= 0.3 is 0 Å². The molecule has 0 unspecified atom stereocenters. The Morgan fingerprint density at radius 3 is 2.36 bits per heavy atom. The van der Waals surface area contributed by atoms with Crippen molar-refractivity contribution in [1.29, 1.82) is 0 Å². The Kier molecular flexibility index (Phi) is 7.06. The molecule has 1 aromatic heterocycles. The summed E-state index contributed by atoms with van der Waals surface area (Å²) in [6, 6.07) is 8.75. The number of benzene rings is 1. The molecule has 1 amide bonds. The summed E-state index contributed by atoms with van der Waals surface area (Å²) in [4.78, 5) is 23.2. The molecule has 2 aromatic rings. The molecule has 0 radical (unpaired) electrons. The summed E-state index contributed by atoms with van der Waals surface area (Å²) in [5, 5.41) is 2.82. The highest BCUT2D eigenvalue weighted by Gasteiger charge is 2.20. The van der Waals surface area contributed by atoms with E-state index in [4.69, 9.17) is 4.42 Å². The van der Waals surface area contributed by atoms with Crippen molar-refractivity contribution >= 4 is 11.6 Å². The second-order valence-electron chi connectivity index (χ2n) is 7.50. The molecule has 28 heavy (non-hydrogen) atoms. The fourth-order valence-electron chi connectivity index (χ4n) is 3.27. The van der Waals surface area contributed by atoms with Gasteiger partial charge < -0.3 is 14.6 Å². The number of anilines is 1. The lowest BCUT2D eigenvalue weighted by molar-refractivity contribution is 0.0948. The molecular weight excluding hydrogens is 354 g/mol. The summed E-state index contributed by atoms with van der Waals surface area (Å²) >= 11 is 0. The van der Waals surface area contributed by atoms with Crippen LogP contribution in [0.1, 0.15) is 35.3 Å². The minimum absolute atomic E-state index is 0.165. The summed E-state index contributed by atoms with van der Waals surface area (Å²) in [5.74, 6) is 0.441. The van der Waals surface area contributed by atoms with E-state index in [2.05, 4.69) is 63.4 Å². The first-order valence-electron chi connectivity index (χ1n) is 9.98. The number of amides is 1. The summed E-state index contributed by atoms with van der Waals surface area (Å²) in [6.07, 6.45) is 2.36. The molecule has 152 valence electrons. The highest BCUT2D eigenvalue weighted by molar-refractivity contribution is 5.91. The Hall–Kier alpha value is -2.38. The van der Waals surface area contributed by atoms with Gasteiger partial charge in [-0.15, -0.1) is 0 Å². The fourth-order valence-corrected chi connectivity index (χ4v) is 3.27. The molecule has 1 fully saturated rings. The number of oxazole rings is 1. The van der Waals surface area contributed by atoms with Crippen molar-refractivity contribution in [2.24, 2.45) is 0 Å². The Labute approximate surface area is 167 Å². The van der Waals surface area contributed by atoms with Gasteiger partial charge in [-0.3, -0.25) is 14.6 Å². The normalized spacial score (nSPS) is 15.5. The van der Waals surface area contributed by atoms with Gasteiger partial charge in [-0.05, 0) is 24.1 Å². The highest BCUT2D eigenvalue weighted by atomic mass is 16.3.